The van der Waals surface area contributed by atoms with Gasteiger partial charge in [0.05, 0.1) is 12.7 Å². The molecule has 0 bridgehead atoms. The zero-order valence-electron chi connectivity index (χ0n) is 16.1. The highest BCUT2D eigenvalue weighted by molar-refractivity contribution is 7.17. The maximum Gasteiger partial charge on any atom is 0.341 e. The number of esters is 1. The van der Waals surface area contributed by atoms with E-state index >= 15 is 0 Å². The number of methoxy groups -OCH3 is 1. The van der Waals surface area contributed by atoms with Crippen molar-refractivity contribution in [3.05, 3.63) is 70.6 Å². The summed E-state index contributed by atoms with van der Waals surface area (Å²) in [6.45, 7) is 0.935. The summed E-state index contributed by atoms with van der Waals surface area (Å²) in [5.41, 5.74) is 2.76. The van der Waals surface area contributed by atoms with E-state index in [9.17, 15) is 9.59 Å². The molecule has 0 saturated heterocycles. The van der Waals surface area contributed by atoms with E-state index in [-0.39, 0.29) is 30.8 Å². The van der Waals surface area contributed by atoms with Gasteiger partial charge in [-0.15, -0.1) is 11.3 Å². The Morgan fingerprint density at radius 1 is 1.24 bits per heavy atom. The minimum Gasteiger partial charge on any atom is -1.00 e. The number of aryl methyl sites for hydroxylation is 1. The number of amides is 1. The number of fused-ring (bicyclic) bond motifs is 1. The van der Waals surface area contributed by atoms with E-state index in [2.05, 4.69) is 17.4 Å². The summed E-state index contributed by atoms with van der Waals surface area (Å²) in [5.74, 6) is -0.538. The smallest absolute Gasteiger partial charge is 0.341 e. The summed E-state index contributed by atoms with van der Waals surface area (Å²) in [7, 11) is 1.37. The normalized spacial score (nSPS) is 12.2. The highest BCUT2D eigenvalue weighted by Crippen LogP contribution is 2.39. The Balaban J connectivity index is 0.00000240. The van der Waals surface area contributed by atoms with Crippen molar-refractivity contribution in [3.8, 4) is 0 Å². The molecule has 0 radical (unpaired) electrons. The molecule has 0 atom stereocenters. The second-order valence-corrected chi connectivity index (χ2v) is 7.95. The monoisotopic (exact) mass is 431 g/mol. The summed E-state index contributed by atoms with van der Waals surface area (Å²) in [6.07, 6.45) is 8.59. The molecule has 1 aromatic carbocycles. The van der Waals surface area contributed by atoms with Gasteiger partial charge < -0.3 is 22.5 Å². The summed E-state index contributed by atoms with van der Waals surface area (Å²) >= 11 is 1.49. The van der Waals surface area contributed by atoms with Gasteiger partial charge in [-0.25, -0.2) is 13.9 Å². The predicted molar refractivity (Wildman–Crippen MR) is 106 cm³/mol. The summed E-state index contributed by atoms with van der Waals surface area (Å²) in [4.78, 5) is 25.9. The van der Waals surface area contributed by atoms with Crippen LogP contribution in [0.15, 0.2) is 49.1 Å². The second kappa shape index (κ2) is 9.24. The highest BCUT2D eigenvalue weighted by Gasteiger charge is 2.28. The van der Waals surface area contributed by atoms with Crippen molar-refractivity contribution < 1.29 is 31.3 Å². The number of nitrogens with one attached hydrogen (secondary N) is 1. The van der Waals surface area contributed by atoms with Crippen molar-refractivity contribution >= 4 is 28.2 Å². The predicted octanol–water partition coefficient (Wildman–Crippen LogP) is -0.197. The SMILES string of the molecule is COC(=O)c1c(NC(=O)Cn2cc[n+](Cc3ccccc3)c2)sc2c1CCC2.[Cl-]. The third kappa shape index (κ3) is 4.68. The van der Waals surface area contributed by atoms with Crippen LogP contribution in [0.2, 0.25) is 0 Å². The first-order valence-electron chi connectivity index (χ1n) is 9.25. The third-order valence-electron chi connectivity index (χ3n) is 4.84. The number of hydrogen-bond donors (Lipinski definition) is 1. The van der Waals surface area contributed by atoms with Gasteiger partial charge in [0.15, 0.2) is 6.54 Å². The molecule has 3 aromatic rings. The Morgan fingerprint density at radius 3 is 2.79 bits per heavy atom. The lowest BCUT2D eigenvalue weighted by Gasteiger charge is -2.06. The first kappa shape index (κ1) is 21.1. The molecule has 29 heavy (non-hydrogen) atoms. The fourth-order valence-electron chi connectivity index (χ4n) is 3.56. The maximum absolute atomic E-state index is 12.6. The van der Waals surface area contributed by atoms with Crippen molar-refractivity contribution in [2.45, 2.75) is 32.4 Å². The average Bonchev–Trinajstić information content (AvgIpc) is 3.38. The molecule has 2 aromatic heterocycles. The van der Waals surface area contributed by atoms with Gasteiger partial charge >= 0.3 is 5.97 Å². The van der Waals surface area contributed by atoms with Gasteiger partial charge in [-0.05, 0) is 30.4 Å². The van der Waals surface area contributed by atoms with Crippen molar-refractivity contribution in [3.63, 3.8) is 0 Å². The van der Waals surface area contributed by atoms with Crippen LogP contribution in [0.5, 0.6) is 0 Å². The van der Waals surface area contributed by atoms with Gasteiger partial charge in [0.2, 0.25) is 6.33 Å². The molecule has 0 aliphatic heterocycles. The molecule has 0 unspecified atom stereocenters. The number of carbonyl (C=O) groups is 2. The number of hydrogen-bond acceptors (Lipinski definition) is 4. The molecule has 0 saturated carbocycles. The number of carbonyl (C=O) groups excluding carboxylic acids is 2. The number of imidazole rings is 1. The first-order chi connectivity index (χ1) is 13.6. The van der Waals surface area contributed by atoms with Gasteiger partial charge in [-0.3, -0.25) is 4.79 Å². The van der Waals surface area contributed by atoms with Gasteiger partial charge in [0.25, 0.3) is 5.91 Å². The van der Waals surface area contributed by atoms with Crippen LogP contribution in [0.4, 0.5) is 5.00 Å². The summed E-state index contributed by atoms with van der Waals surface area (Å²) < 4.78 is 8.79. The highest BCUT2D eigenvalue weighted by atomic mass is 35.5. The second-order valence-electron chi connectivity index (χ2n) is 6.85. The van der Waals surface area contributed by atoms with Crippen LogP contribution in [0.1, 0.15) is 32.8 Å². The molecular formula is C21H22ClN3O3S. The van der Waals surface area contributed by atoms with Gasteiger partial charge in [0, 0.05) is 4.88 Å². The van der Waals surface area contributed by atoms with Crippen LogP contribution in [0.3, 0.4) is 0 Å². The van der Waals surface area contributed by atoms with Crippen LogP contribution >= 0.6 is 11.3 Å². The average molecular weight is 432 g/mol. The molecule has 8 heteroatoms. The molecule has 1 N–H and O–H groups in total. The van der Waals surface area contributed by atoms with Gasteiger partial charge in [-0.1, -0.05) is 30.3 Å². The molecule has 4 rings (SSSR count). The number of halogens is 1. The van der Waals surface area contributed by atoms with Crippen LogP contribution in [-0.2, 0) is 35.5 Å². The van der Waals surface area contributed by atoms with Crippen LogP contribution in [-0.4, -0.2) is 23.6 Å². The van der Waals surface area contributed by atoms with Crippen LogP contribution in [0, 0.1) is 0 Å². The van der Waals surface area contributed by atoms with Crippen molar-refractivity contribution in [1.29, 1.82) is 0 Å². The minimum absolute atomic E-state index is 0. The van der Waals surface area contributed by atoms with E-state index in [1.807, 2.05) is 46.1 Å². The molecular weight excluding hydrogens is 410 g/mol. The van der Waals surface area contributed by atoms with Crippen molar-refractivity contribution in [2.24, 2.45) is 0 Å². The largest absolute Gasteiger partial charge is 1.00 e. The molecule has 1 amide bonds. The van der Waals surface area contributed by atoms with Crippen molar-refractivity contribution in [1.82, 2.24) is 4.57 Å². The summed E-state index contributed by atoms with van der Waals surface area (Å²) in [6, 6.07) is 10.2. The lowest BCUT2D eigenvalue weighted by molar-refractivity contribution is -0.687. The number of benzene rings is 1. The van der Waals surface area contributed by atoms with E-state index in [0.717, 1.165) is 31.4 Å². The molecule has 152 valence electrons. The number of anilines is 1. The fraction of sp³-hybridized carbons (Fsp3) is 0.286. The molecule has 6 nitrogen and oxygen atoms in total. The van der Waals surface area contributed by atoms with Gasteiger partial charge in [0.1, 0.15) is 23.9 Å². The van der Waals surface area contributed by atoms with E-state index < -0.39 is 0 Å². The topological polar surface area (TPSA) is 64.2 Å². The molecule has 0 fully saturated rings. The minimum atomic E-state index is -0.378. The van der Waals surface area contributed by atoms with E-state index in [4.69, 9.17) is 4.74 Å². The molecule has 1 aliphatic rings. The third-order valence-corrected chi connectivity index (χ3v) is 6.05. The van der Waals surface area contributed by atoms with E-state index in [0.29, 0.717) is 10.6 Å². The van der Waals surface area contributed by atoms with Crippen molar-refractivity contribution in [2.75, 3.05) is 12.4 Å². The maximum atomic E-state index is 12.6. The Kier molecular flexibility index (Phi) is 6.71. The molecule has 0 spiro atoms. The standard InChI is InChI=1S/C21H21N3O3S.ClH/c1-27-21(26)19-16-8-5-9-17(16)28-20(19)22-18(25)13-24-11-10-23(14-24)12-15-6-3-2-4-7-15;/h2-4,6-7,10-11,14H,5,8-9,12-13H2,1H3;1H. The Labute approximate surface area is 179 Å². The zero-order valence-corrected chi connectivity index (χ0v) is 17.6. The number of rotatable bonds is 6. The fourth-order valence-corrected chi connectivity index (χ4v) is 4.86. The summed E-state index contributed by atoms with van der Waals surface area (Å²) in [5, 5.41) is 3.51. The van der Waals surface area contributed by atoms with Crippen LogP contribution in [0.25, 0.3) is 0 Å². The first-order valence-corrected chi connectivity index (χ1v) is 10.1. The molecule has 1 aliphatic carbocycles. The van der Waals surface area contributed by atoms with Crippen LogP contribution < -0.4 is 22.3 Å². The number of thiophene rings is 1. The zero-order chi connectivity index (χ0) is 19.5. The van der Waals surface area contributed by atoms with E-state index in [1.165, 1.54) is 28.9 Å². The Morgan fingerprint density at radius 2 is 2.03 bits per heavy atom. The van der Waals surface area contributed by atoms with E-state index in [1.54, 1.807) is 0 Å². The Bertz CT molecular complexity index is 1010. The van der Waals surface area contributed by atoms with Gasteiger partial charge in [-0.2, -0.15) is 0 Å². The Hall–Kier alpha value is -2.64. The quantitative estimate of drug-likeness (QED) is 0.434. The molecule has 2 heterocycles. The lowest BCUT2D eigenvalue weighted by Crippen LogP contribution is -3.00. The number of aromatic nitrogens is 2. The number of nitrogens with zero attached hydrogens (tertiary/aromatic N) is 2. The number of ether oxygens (including phenoxy) is 1. The lowest BCUT2D eigenvalue weighted by atomic mass is 10.1.